The van der Waals surface area contributed by atoms with Gasteiger partial charge in [-0.05, 0) is 61.7 Å². The minimum Gasteiger partial charge on any atom is -0.353 e. The van der Waals surface area contributed by atoms with E-state index in [1.165, 1.54) is 12.1 Å². The number of halogens is 4. The highest BCUT2D eigenvalue weighted by atomic mass is 79.9. The summed E-state index contributed by atoms with van der Waals surface area (Å²) in [6.07, 6.45) is 2.73. The van der Waals surface area contributed by atoms with E-state index >= 15 is 0 Å². The van der Waals surface area contributed by atoms with Gasteiger partial charge in [0.2, 0.25) is 0 Å². The molecule has 24 heavy (non-hydrogen) atoms. The summed E-state index contributed by atoms with van der Waals surface area (Å²) in [4.78, 5) is 3.37. The number of hydrogen-bond donors (Lipinski definition) is 2. The molecule has 126 valence electrons. The lowest BCUT2D eigenvalue weighted by Gasteiger charge is -2.07. The summed E-state index contributed by atoms with van der Waals surface area (Å²) in [6.45, 7) is 0.652. The van der Waals surface area contributed by atoms with Crippen LogP contribution in [0.1, 0.15) is 18.4 Å². The average Bonchev–Trinajstić information content (AvgIpc) is 2.86. The molecule has 3 N–H and O–H groups in total. The van der Waals surface area contributed by atoms with E-state index in [9.17, 15) is 4.39 Å². The van der Waals surface area contributed by atoms with E-state index in [1.54, 1.807) is 6.07 Å². The van der Waals surface area contributed by atoms with Gasteiger partial charge in [0.25, 0.3) is 0 Å². The van der Waals surface area contributed by atoms with Crippen LogP contribution >= 0.6 is 39.1 Å². The maximum Gasteiger partial charge on any atom is 0.124 e. The molecule has 0 aliphatic rings. The molecule has 2 aromatic carbocycles. The molecule has 1 aromatic heterocycles. The molecule has 0 fully saturated rings. The van der Waals surface area contributed by atoms with Crippen LogP contribution in [0.15, 0.2) is 34.8 Å². The number of aromatic amines is 1. The second kappa shape index (κ2) is 7.44. The number of aryl methyl sites for hydroxylation is 1. The third-order valence-corrected chi connectivity index (χ3v) is 5.08. The number of rotatable bonds is 5. The third-order valence-electron chi connectivity index (χ3n) is 4.01. The molecule has 0 saturated carbocycles. The molecule has 0 bridgehead atoms. The Labute approximate surface area is 158 Å². The summed E-state index contributed by atoms with van der Waals surface area (Å²) in [6, 6.07) is 8.31. The van der Waals surface area contributed by atoms with Crippen LogP contribution in [0, 0.1) is 5.82 Å². The van der Waals surface area contributed by atoms with Crippen molar-refractivity contribution in [3.63, 3.8) is 0 Å². The summed E-state index contributed by atoms with van der Waals surface area (Å²) in [5.41, 5.74) is 9.25. The van der Waals surface area contributed by atoms with Crippen LogP contribution in [0.2, 0.25) is 10.0 Å². The van der Waals surface area contributed by atoms with Crippen LogP contribution in [0.4, 0.5) is 4.39 Å². The Morgan fingerprint density at radius 1 is 1.08 bits per heavy atom. The van der Waals surface area contributed by atoms with Crippen molar-refractivity contribution in [3.05, 3.63) is 56.2 Å². The molecule has 0 unspecified atom stereocenters. The molecule has 0 atom stereocenters. The first-order valence-electron chi connectivity index (χ1n) is 7.66. The van der Waals surface area contributed by atoms with Crippen molar-refractivity contribution in [2.24, 2.45) is 5.73 Å². The summed E-state index contributed by atoms with van der Waals surface area (Å²) in [5, 5.41) is 2.04. The maximum atomic E-state index is 13.4. The van der Waals surface area contributed by atoms with Gasteiger partial charge >= 0.3 is 0 Å². The van der Waals surface area contributed by atoms with Gasteiger partial charge in [0.15, 0.2) is 0 Å². The number of nitrogens with two attached hydrogens (primary N) is 1. The summed E-state index contributed by atoms with van der Waals surface area (Å²) in [7, 11) is 0. The van der Waals surface area contributed by atoms with E-state index in [1.807, 2.05) is 12.1 Å². The van der Waals surface area contributed by atoms with Gasteiger partial charge < -0.3 is 10.7 Å². The van der Waals surface area contributed by atoms with Crippen LogP contribution in [0.5, 0.6) is 0 Å². The first-order chi connectivity index (χ1) is 11.5. The minimum atomic E-state index is -0.356. The van der Waals surface area contributed by atoms with Crippen LogP contribution in [-0.2, 0) is 6.42 Å². The SMILES string of the molecule is NCCCCc1c(-c2ccc(F)cc2Cl)[nH]c2c(Cl)cc(Br)cc12. The second-order valence-electron chi connectivity index (χ2n) is 5.66. The standard InChI is InChI=1S/C18H16BrCl2FN2/c19-10-7-14-12(3-1-2-6-23)17(24-18(14)16(21)8-10)13-5-4-11(22)9-15(13)20/h4-5,7-9,24H,1-3,6,23H2. The van der Waals surface area contributed by atoms with E-state index in [4.69, 9.17) is 28.9 Å². The van der Waals surface area contributed by atoms with Gasteiger partial charge in [-0.1, -0.05) is 39.1 Å². The monoisotopic (exact) mass is 428 g/mol. The largest absolute Gasteiger partial charge is 0.353 e. The van der Waals surface area contributed by atoms with Crippen LogP contribution < -0.4 is 5.73 Å². The Bertz CT molecular complexity index is 892. The Balaban J connectivity index is 2.21. The molecule has 0 aliphatic heterocycles. The average molecular weight is 430 g/mol. The zero-order chi connectivity index (χ0) is 17.3. The molecule has 3 rings (SSSR count). The quantitative estimate of drug-likeness (QED) is 0.457. The number of nitrogens with one attached hydrogen (secondary N) is 1. The van der Waals surface area contributed by atoms with Gasteiger partial charge in [-0.25, -0.2) is 4.39 Å². The van der Waals surface area contributed by atoms with Crippen LogP contribution in [-0.4, -0.2) is 11.5 Å². The topological polar surface area (TPSA) is 41.8 Å². The molecule has 3 aromatic rings. The lowest BCUT2D eigenvalue weighted by Crippen LogP contribution is -1.99. The fraction of sp³-hybridized carbons (Fsp3) is 0.222. The van der Waals surface area contributed by atoms with Crippen molar-refractivity contribution < 1.29 is 4.39 Å². The van der Waals surface area contributed by atoms with Crippen molar-refractivity contribution >= 4 is 50.0 Å². The molecule has 0 radical (unpaired) electrons. The fourth-order valence-corrected chi connectivity index (χ4v) is 4.02. The van der Waals surface area contributed by atoms with E-state index in [-0.39, 0.29) is 5.82 Å². The first-order valence-corrected chi connectivity index (χ1v) is 9.21. The van der Waals surface area contributed by atoms with Crippen molar-refractivity contribution in [1.29, 1.82) is 0 Å². The number of aromatic nitrogens is 1. The predicted octanol–water partition coefficient (Wildman–Crippen LogP) is 6.32. The molecule has 0 amide bonds. The highest BCUT2D eigenvalue weighted by Crippen LogP contribution is 2.39. The zero-order valence-electron chi connectivity index (χ0n) is 12.8. The molecule has 0 aliphatic carbocycles. The molecular weight excluding hydrogens is 414 g/mol. The summed E-state index contributed by atoms with van der Waals surface area (Å²) >= 11 is 16.2. The lowest BCUT2D eigenvalue weighted by atomic mass is 10.00. The van der Waals surface area contributed by atoms with Crippen molar-refractivity contribution in [3.8, 4) is 11.3 Å². The van der Waals surface area contributed by atoms with Gasteiger partial charge in [0.05, 0.1) is 21.3 Å². The molecule has 2 nitrogen and oxygen atoms in total. The van der Waals surface area contributed by atoms with Crippen LogP contribution in [0.25, 0.3) is 22.2 Å². The Morgan fingerprint density at radius 3 is 2.58 bits per heavy atom. The Morgan fingerprint density at radius 2 is 1.88 bits per heavy atom. The van der Waals surface area contributed by atoms with E-state index in [2.05, 4.69) is 20.9 Å². The van der Waals surface area contributed by atoms with Gasteiger partial charge in [0.1, 0.15) is 5.82 Å². The van der Waals surface area contributed by atoms with Crippen LogP contribution in [0.3, 0.4) is 0 Å². The highest BCUT2D eigenvalue weighted by Gasteiger charge is 2.17. The minimum absolute atomic E-state index is 0.356. The van der Waals surface area contributed by atoms with Crippen molar-refractivity contribution in [1.82, 2.24) is 4.98 Å². The normalized spacial score (nSPS) is 11.4. The second-order valence-corrected chi connectivity index (χ2v) is 7.39. The summed E-state index contributed by atoms with van der Waals surface area (Å²) in [5.74, 6) is -0.356. The fourth-order valence-electron chi connectivity index (χ4n) is 2.90. The molecule has 0 saturated heterocycles. The first kappa shape index (κ1) is 17.7. The van der Waals surface area contributed by atoms with Crippen molar-refractivity contribution in [2.45, 2.75) is 19.3 Å². The molecular formula is C18H16BrCl2FN2. The molecule has 1 heterocycles. The smallest absolute Gasteiger partial charge is 0.124 e. The van der Waals surface area contributed by atoms with E-state index < -0.39 is 0 Å². The predicted molar refractivity (Wildman–Crippen MR) is 103 cm³/mol. The van der Waals surface area contributed by atoms with Crippen molar-refractivity contribution in [2.75, 3.05) is 6.54 Å². The summed E-state index contributed by atoms with van der Waals surface area (Å²) < 4.78 is 14.3. The van der Waals surface area contributed by atoms with E-state index in [0.29, 0.717) is 16.6 Å². The Kier molecular flexibility index (Phi) is 5.50. The van der Waals surface area contributed by atoms with E-state index in [0.717, 1.165) is 51.5 Å². The lowest BCUT2D eigenvalue weighted by molar-refractivity contribution is 0.628. The number of H-pyrrole nitrogens is 1. The molecule has 0 spiro atoms. The highest BCUT2D eigenvalue weighted by molar-refractivity contribution is 9.10. The van der Waals surface area contributed by atoms with Gasteiger partial charge in [-0.15, -0.1) is 0 Å². The van der Waals surface area contributed by atoms with Gasteiger partial charge in [-0.3, -0.25) is 0 Å². The van der Waals surface area contributed by atoms with Gasteiger partial charge in [0, 0.05) is 15.4 Å². The zero-order valence-corrected chi connectivity index (χ0v) is 15.9. The number of hydrogen-bond acceptors (Lipinski definition) is 1. The van der Waals surface area contributed by atoms with Gasteiger partial charge in [-0.2, -0.15) is 0 Å². The number of fused-ring (bicyclic) bond motifs is 1. The Hall–Kier alpha value is -1.07. The third kappa shape index (κ3) is 3.47. The molecule has 6 heteroatoms. The number of benzene rings is 2. The maximum absolute atomic E-state index is 13.4. The number of unbranched alkanes of at least 4 members (excludes halogenated alkanes) is 1.